The Morgan fingerprint density at radius 3 is 2.58 bits per heavy atom. The van der Waals surface area contributed by atoms with Gasteiger partial charge >= 0.3 is 0 Å². The molecule has 1 spiro atoms. The molecule has 3 heteroatoms. The Balaban J connectivity index is 1.47. The van der Waals surface area contributed by atoms with E-state index < -0.39 is 11.9 Å². The van der Waals surface area contributed by atoms with Gasteiger partial charge in [-0.05, 0) is 48.7 Å². The second kappa shape index (κ2) is 6.31. The van der Waals surface area contributed by atoms with Gasteiger partial charge in [-0.25, -0.2) is 0 Å². The third-order valence-electron chi connectivity index (χ3n) is 8.15. The van der Waals surface area contributed by atoms with Crippen molar-refractivity contribution in [2.75, 3.05) is 0 Å². The van der Waals surface area contributed by atoms with Crippen LogP contribution in [0, 0.1) is 16.7 Å². The summed E-state index contributed by atoms with van der Waals surface area (Å²) in [5.74, 6) is 0.142. The van der Waals surface area contributed by atoms with E-state index in [1.54, 1.807) is 6.08 Å². The van der Waals surface area contributed by atoms with Crippen molar-refractivity contribution in [3.05, 3.63) is 23.8 Å². The normalized spacial score (nSPS) is 43.0. The fraction of sp³-hybridized carbons (Fsp3) is 0.783. The lowest BCUT2D eigenvalue weighted by molar-refractivity contribution is -0.248. The number of hydrogen-bond acceptors (Lipinski definition) is 3. The van der Waals surface area contributed by atoms with Gasteiger partial charge in [0.1, 0.15) is 6.10 Å². The van der Waals surface area contributed by atoms with Crippen LogP contribution >= 0.6 is 0 Å². The highest BCUT2D eigenvalue weighted by molar-refractivity contribution is 5.99. The van der Waals surface area contributed by atoms with Crippen LogP contribution in [0.25, 0.3) is 0 Å². The van der Waals surface area contributed by atoms with Crippen LogP contribution in [0.15, 0.2) is 23.8 Å². The Labute approximate surface area is 158 Å². The van der Waals surface area contributed by atoms with Crippen molar-refractivity contribution in [1.29, 1.82) is 0 Å². The van der Waals surface area contributed by atoms with Crippen LogP contribution in [0.4, 0.5) is 0 Å². The van der Waals surface area contributed by atoms with Gasteiger partial charge in [0.05, 0.1) is 0 Å². The summed E-state index contributed by atoms with van der Waals surface area (Å²) < 4.78 is 13.1. The van der Waals surface area contributed by atoms with Crippen molar-refractivity contribution in [3.8, 4) is 0 Å². The lowest BCUT2D eigenvalue weighted by atomic mass is 9.68. The molecule has 0 aromatic carbocycles. The second-order valence-electron chi connectivity index (χ2n) is 9.62. The zero-order valence-electron chi connectivity index (χ0n) is 16.8. The summed E-state index contributed by atoms with van der Waals surface area (Å²) >= 11 is 0. The molecular formula is C23H34O3. The van der Waals surface area contributed by atoms with E-state index in [-0.39, 0.29) is 22.7 Å². The van der Waals surface area contributed by atoms with E-state index >= 15 is 0 Å². The number of carbonyl (C=O) groups excluding carboxylic acids is 1. The molecule has 0 N–H and O–H groups in total. The molecule has 1 aliphatic heterocycles. The minimum atomic E-state index is -0.571. The average molecular weight is 359 g/mol. The van der Waals surface area contributed by atoms with Crippen LogP contribution < -0.4 is 0 Å². The molecule has 2 saturated carbocycles. The molecule has 3 unspecified atom stereocenters. The van der Waals surface area contributed by atoms with Gasteiger partial charge < -0.3 is 9.47 Å². The highest BCUT2D eigenvalue weighted by atomic mass is 16.8. The van der Waals surface area contributed by atoms with Crippen LogP contribution in [0.2, 0.25) is 0 Å². The summed E-state index contributed by atoms with van der Waals surface area (Å²) in [6.07, 6.45) is 14.9. The summed E-state index contributed by atoms with van der Waals surface area (Å²) in [5.41, 5.74) is 1.20. The SMILES string of the molecule is CCCCCC/C=C/C1=CC(=O)[C@@H]2OC3(CC4CCC3(C)C4(C)C)O[C@H]12. The van der Waals surface area contributed by atoms with Gasteiger partial charge in [0, 0.05) is 11.8 Å². The fourth-order valence-electron chi connectivity index (χ4n) is 5.93. The summed E-state index contributed by atoms with van der Waals surface area (Å²) in [5, 5.41) is 0. The minimum absolute atomic E-state index is 0.00966. The number of ketones is 1. The van der Waals surface area contributed by atoms with E-state index in [1.165, 1.54) is 32.1 Å². The Hall–Kier alpha value is -0.930. The van der Waals surface area contributed by atoms with Gasteiger partial charge in [0.2, 0.25) is 0 Å². The third-order valence-corrected chi connectivity index (χ3v) is 8.15. The zero-order chi connectivity index (χ0) is 18.6. The molecule has 5 atom stereocenters. The van der Waals surface area contributed by atoms with Gasteiger partial charge in [0.25, 0.3) is 0 Å². The van der Waals surface area contributed by atoms with Crippen LogP contribution in [-0.4, -0.2) is 23.8 Å². The first-order valence-electron chi connectivity index (χ1n) is 10.6. The van der Waals surface area contributed by atoms with Crippen molar-refractivity contribution >= 4 is 5.78 Å². The highest BCUT2D eigenvalue weighted by Gasteiger charge is 2.74. The molecule has 4 aliphatic rings. The molecule has 0 amide bonds. The summed E-state index contributed by atoms with van der Waals surface area (Å²) in [7, 11) is 0. The summed E-state index contributed by atoms with van der Waals surface area (Å²) in [4.78, 5) is 12.5. The number of unbranched alkanes of at least 4 members (excludes halogenated alkanes) is 4. The quantitative estimate of drug-likeness (QED) is 0.601. The molecule has 3 aliphatic carbocycles. The van der Waals surface area contributed by atoms with Crippen molar-refractivity contribution in [1.82, 2.24) is 0 Å². The first-order valence-corrected chi connectivity index (χ1v) is 10.6. The molecule has 26 heavy (non-hydrogen) atoms. The Bertz CT molecular complexity index is 646. The van der Waals surface area contributed by atoms with E-state index in [4.69, 9.17) is 9.47 Å². The third kappa shape index (κ3) is 2.43. The number of carbonyl (C=O) groups is 1. The topological polar surface area (TPSA) is 35.5 Å². The van der Waals surface area contributed by atoms with E-state index in [1.807, 2.05) is 0 Å². The molecule has 1 saturated heterocycles. The van der Waals surface area contributed by atoms with Gasteiger partial charge in [-0.2, -0.15) is 0 Å². The highest BCUT2D eigenvalue weighted by Crippen LogP contribution is 2.72. The monoisotopic (exact) mass is 358 g/mol. The number of fused-ring (bicyclic) bond motifs is 4. The molecule has 0 radical (unpaired) electrons. The van der Waals surface area contributed by atoms with Gasteiger partial charge in [0.15, 0.2) is 17.7 Å². The number of ether oxygens (including phenoxy) is 2. The van der Waals surface area contributed by atoms with E-state index in [0.29, 0.717) is 5.92 Å². The van der Waals surface area contributed by atoms with E-state index in [2.05, 4.69) is 39.8 Å². The molecule has 4 rings (SSSR count). The van der Waals surface area contributed by atoms with Gasteiger partial charge in [-0.15, -0.1) is 0 Å². The first-order chi connectivity index (χ1) is 12.3. The molecular weight excluding hydrogens is 324 g/mol. The van der Waals surface area contributed by atoms with Gasteiger partial charge in [-0.1, -0.05) is 59.1 Å². The smallest absolute Gasteiger partial charge is 0.187 e. The zero-order valence-corrected chi connectivity index (χ0v) is 16.8. The maximum absolute atomic E-state index is 12.5. The molecule has 0 aromatic rings. The predicted molar refractivity (Wildman–Crippen MR) is 103 cm³/mol. The summed E-state index contributed by atoms with van der Waals surface area (Å²) in [6.45, 7) is 9.26. The predicted octanol–water partition coefficient (Wildman–Crippen LogP) is 5.35. The number of hydrogen-bond donors (Lipinski definition) is 0. The molecule has 3 fully saturated rings. The first kappa shape index (κ1) is 18.4. The molecule has 0 aromatic heterocycles. The molecule has 1 heterocycles. The van der Waals surface area contributed by atoms with Crippen LogP contribution in [0.1, 0.15) is 79.1 Å². The van der Waals surface area contributed by atoms with Crippen molar-refractivity contribution < 1.29 is 14.3 Å². The van der Waals surface area contributed by atoms with Crippen molar-refractivity contribution in [2.24, 2.45) is 16.7 Å². The van der Waals surface area contributed by atoms with Crippen LogP contribution in [0.5, 0.6) is 0 Å². The number of allylic oxidation sites excluding steroid dienone is 1. The minimum Gasteiger partial charge on any atom is -0.338 e. The Kier molecular flexibility index (Phi) is 4.47. The largest absolute Gasteiger partial charge is 0.338 e. The summed E-state index contributed by atoms with van der Waals surface area (Å²) in [6, 6.07) is 0. The Morgan fingerprint density at radius 1 is 1.15 bits per heavy atom. The lowest BCUT2D eigenvalue weighted by Gasteiger charge is -2.45. The van der Waals surface area contributed by atoms with E-state index in [0.717, 1.165) is 24.8 Å². The Morgan fingerprint density at radius 2 is 1.92 bits per heavy atom. The fourth-order valence-corrected chi connectivity index (χ4v) is 5.93. The van der Waals surface area contributed by atoms with Crippen molar-refractivity contribution in [2.45, 2.75) is 97.1 Å². The molecule has 144 valence electrons. The van der Waals surface area contributed by atoms with Crippen LogP contribution in [0.3, 0.4) is 0 Å². The lowest BCUT2D eigenvalue weighted by Crippen LogP contribution is -2.49. The van der Waals surface area contributed by atoms with Crippen molar-refractivity contribution in [3.63, 3.8) is 0 Å². The second-order valence-corrected chi connectivity index (χ2v) is 9.62. The average Bonchev–Trinajstić information content (AvgIpc) is 3.22. The standard InChI is InChI=1S/C23H34O3/c1-5-6-7-8-9-10-11-16-14-18(24)20-19(16)25-23(26-20)15-17-12-13-22(23,4)21(17,2)3/h10-11,14,17,19-20H,5-9,12-13,15H2,1-4H3/b11-10+/t17?,19-,20+,22?,23?/m1/s1. The van der Waals surface area contributed by atoms with E-state index in [9.17, 15) is 4.79 Å². The number of rotatable bonds is 6. The van der Waals surface area contributed by atoms with Crippen LogP contribution in [-0.2, 0) is 14.3 Å². The maximum Gasteiger partial charge on any atom is 0.187 e. The molecule has 2 bridgehead atoms. The maximum atomic E-state index is 12.5. The van der Waals surface area contributed by atoms with Gasteiger partial charge in [-0.3, -0.25) is 4.79 Å². The molecule has 3 nitrogen and oxygen atoms in total.